The SMILES string of the molecule is CCC(C)(O)CNc1ccnc(NC)n1. The van der Waals surface area contributed by atoms with Crippen molar-refractivity contribution in [1.29, 1.82) is 0 Å². The van der Waals surface area contributed by atoms with Crippen LogP contribution in [-0.2, 0) is 0 Å². The predicted molar refractivity (Wildman–Crippen MR) is 61.0 cm³/mol. The van der Waals surface area contributed by atoms with E-state index in [1.807, 2.05) is 6.92 Å². The molecule has 1 atom stereocenters. The highest BCUT2D eigenvalue weighted by Gasteiger charge is 2.16. The van der Waals surface area contributed by atoms with Gasteiger partial charge in [-0.25, -0.2) is 4.98 Å². The number of nitrogens with one attached hydrogen (secondary N) is 2. The van der Waals surface area contributed by atoms with E-state index >= 15 is 0 Å². The van der Waals surface area contributed by atoms with Crippen molar-refractivity contribution in [2.45, 2.75) is 25.9 Å². The highest BCUT2D eigenvalue weighted by molar-refractivity contribution is 5.39. The van der Waals surface area contributed by atoms with Gasteiger partial charge in [0.2, 0.25) is 5.95 Å². The van der Waals surface area contributed by atoms with Crippen LogP contribution in [0.15, 0.2) is 12.3 Å². The van der Waals surface area contributed by atoms with Gasteiger partial charge in [0.25, 0.3) is 0 Å². The van der Waals surface area contributed by atoms with E-state index < -0.39 is 5.60 Å². The van der Waals surface area contributed by atoms with Crippen molar-refractivity contribution >= 4 is 11.8 Å². The summed E-state index contributed by atoms with van der Waals surface area (Å²) in [5, 5.41) is 15.7. The Kier molecular flexibility index (Phi) is 3.85. The van der Waals surface area contributed by atoms with Gasteiger partial charge in [0.15, 0.2) is 0 Å². The molecule has 0 aromatic carbocycles. The maximum atomic E-state index is 9.79. The molecule has 5 heteroatoms. The van der Waals surface area contributed by atoms with Crippen LogP contribution in [0, 0.1) is 0 Å². The highest BCUT2D eigenvalue weighted by Crippen LogP contribution is 2.11. The van der Waals surface area contributed by atoms with E-state index in [9.17, 15) is 5.11 Å². The Balaban J connectivity index is 2.57. The molecule has 15 heavy (non-hydrogen) atoms. The minimum absolute atomic E-state index is 0.476. The van der Waals surface area contributed by atoms with Crippen LogP contribution in [0.4, 0.5) is 11.8 Å². The second-order valence-electron chi connectivity index (χ2n) is 3.72. The summed E-state index contributed by atoms with van der Waals surface area (Å²) in [6.07, 6.45) is 2.37. The molecule has 0 saturated heterocycles. The molecule has 1 aromatic rings. The maximum absolute atomic E-state index is 9.79. The summed E-state index contributed by atoms with van der Waals surface area (Å²) >= 11 is 0. The fraction of sp³-hybridized carbons (Fsp3) is 0.600. The van der Waals surface area contributed by atoms with Crippen molar-refractivity contribution in [3.8, 4) is 0 Å². The molecule has 1 unspecified atom stereocenters. The largest absolute Gasteiger partial charge is 0.388 e. The van der Waals surface area contributed by atoms with Gasteiger partial charge in [-0.05, 0) is 19.4 Å². The lowest BCUT2D eigenvalue weighted by molar-refractivity contribution is 0.0696. The molecule has 0 bridgehead atoms. The molecule has 0 radical (unpaired) electrons. The van der Waals surface area contributed by atoms with Gasteiger partial charge in [-0.3, -0.25) is 0 Å². The molecule has 0 aliphatic heterocycles. The van der Waals surface area contributed by atoms with Crippen LogP contribution in [0.1, 0.15) is 20.3 Å². The van der Waals surface area contributed by atoms with Crippen LogP contribution in [0.3, 0.4) is 0 Å². The molecule has 5 nitrogen and oxygen atoms in total. The lowest BCUT2D eigenvalue weighted by Gasteiger charge is -2.21. The van der Waals surface area contributed by atoms with E-state index in [-0.39, 0.29) is 0 Å². The van der Waals surface area contributed by atoms with Gasteiger partial charge in [0.05, 0.1) is 5.60 Å². The standard InChI is InChI=1S/C10H18N4O/c1-4-10(2,15)7-13-8-5-6-12-9(11-3)14-8/h5-6,15H,4,7H2,1-3H3,(H2,11,12,13,14). The van der Waals surface area contributed by atoms with Gasteiger partial charge >= 0.3 is 0 Å². The van der Waals surface area contributed by atoms with Crippen LogP contribution in [-0.4, -0.2) is 34.3 Å². The summed E-state index contributed by atoms with van der Waals surface area (Å²) in [6.45, 7) is 4.21. The number of aromatic nitrogens is 2. The van der Waals surface area contributed by atoms with E-state index in [4.69, 9.17) is 0 Å². The molecule has 0 aliphatic carbocycles. The van der Waals surface area contributed by atoms with Crippen LogP contribution >= 0.6 is 0 Å². The Morgan fingerprint density at radius 1 is 1.53 bits per heavy atom. The fourth-order valence-electron chi connectivity index (χ4n) is 0.984. The molecule has 0 spiro atoms. The summed E-state index contributed by atoms with van der Waals surface area (Å²) in [5.74, 6) is 1.28. The van der Waals surface area contributed by atoms with Gasteiger partial charge < -0.3 is 15.7 Å². The van der Waals surface area contributed by atoms with Crippen molar-refractivity contribution in [3.05, 3.63) is 12.3 Å². The van der Waals surface area contributed by atoms with E-state index in [0.29, 0.717) is 24.7 Å². The van der Waals surface area contributed by atoms with Crippen molar-refractivity contribution in [2.75, 3.05) is 24.2 Å². The fourth-order valence-corrected chi connectivity index (χ4v) is 0.984. The molecule has 0 fully saturated rings. The quantitative estimate of drug-likeness (QED) is 0.678. The van der Waals surface area contributed by atoms with Crippen molar-refractivity contribution < 1.29 is 5.11 Å². The van der Waals surface area contributed by atoms with Crippen molar-refractivity contribution in [1.82, 2.24) is 9.97 Å². The monoisotopic (exact) mass is 210 g/mol. The third kappa shape index (κ3) is 3.71. The van der Waals surface area contributed by atoms with Crippen LogP contribution in [0.5, 0.6) is 0 Å². The molecular weight excluding hydrogens is 192 g/mol. The molecule has 0 amide bonds. The van der Waals surface area contributed by atoms with E-state index in [2.05, 4.69) is 20.6 Å². The number of anilines is 2. The zero-order valence-electron chi connectivity index (χ0n) is 9.41. The first-order valence-electron chi connectivity index (χ1n) is 5.04. The summed E-state index contributed by atoms with van der Waals surface area (Å²) < 4.78 is 0. The number of hydrogen-bond acceptors (Lipinski definition) is 5. The lowest BCUT2D eigenvalue weighted by atomic mass is 10.0. The van der Waals surface area contributed by atoms with Crippen LogP contribution < -0.4 is 10.6 Å². The second kappa shape index (κ2) is 4.93. The summed E-state index contributed by atoms with van der Waals surface area (Å²) in [7, 11) is 1.77. The van der Waals surface area contributed by atoms with Crippen molar-refractivity contribution in [2.24, 2.45) is 0 Å². The molecule has 0 saturated carbocycles. The molecule has 84 valence electrons. The average molecular weight is 210 g/mol. The zero-order valence-corrected chi connectivity index (χ0v) is 9.41. The third-order valence-electron chi connectivity index (χ3n) is 2.29. The maximum Gasteiger partial charge on any atom is 0.224 e. The Morgan fingerprint density at radius 2 is 2.27 bits per heavy atom. The van der Waals surface area contributed by atoms with E-state index in [1.165, 1.54) is 0 Å². The van der Waals surface area contributed by atoms with E-state index in [0.717, 1.165) is 0 Å². The number of hydrogen-bond donors (Lipinski definition) is 3. The molecular formula is C10H18N4O. The Hall–Kier alpha value is -1.36. The summed E-state index contributed by atoms with van der Waals surface area (Å²) in [5.41, 5.74) is -0.704. The Labute approximate surface area is 90.0 Å². The molecule has 3 N–H and O–H groups in total. The third-order valence-corrected chi connectivity index (χ3v) is 2.29. The highest BCUT2D eigenvalue weighted by atomic mass is 16.3. The first-order chi connectivity index (χ1) is 7.07. The number of nitrogens with zero attached hydrogens (tertiary/aromatic N) is 2. The zero-order chi connectivity index (χ0) is 11.3. The van der Waals surface area contributed by atoms with Crippen LogP contribution in [0.2, 0.25) is 0 Å². The number of rotatable bonds is 5. The molecule has 1 aromatic heterocycles. The van der Waals surface area contributed by atoms with Crippen LogP contribution in [0.25, 0.3) is 0 Å². The topological polar surface area (TPSA) is 70.1 Å². The van der Waals surface area contributed by atoms with E-state index in [1.54, 1.807) is 26.2 Å². The summed E-state index contributed by atoms with van der Waals surface area (Å²) in [4.78, 5) is 8.18. The van der Waals surface area contributed by atoms with Gasteiger partial charge in [0, 0.05) is 19.8 Å². The van der Waals surface area contributed by atoms with Crippen molar-refractivity contribution in [3.63, 3.8) is 0 Å². The lowest BCUT2D eigenvalue weighted by Crippen LogP contribution is -2.32. The minimum atomic E-state index is -0.704. The minimum Gasteiger partial charge on any atom is -0.388 e. The molecule has 1 rings (SSSR count). The molecule has 0 aliphatic rings. The Morgan fingerprint density at radius 3 is 2.87 bits per heavy atom. The summed E-state index contributed by atoms with van der Waals surface area (Å²) in [6, 6.07) is 1.77. The predicted octanol–water partition coefficient (Wildman–Crippen LogP) is 1.09. The molecule has 1 heterocycles. The van der Waals surface area contributed by atoms with Gasteiger partial charge in [-0.1, -0.05) is 6.92 Å². The van der Waals surface area contributed by atoms with Gasteiger partial charge in [-0.2, -0.15) is 4.98 Å². The number of aliphatic hydroxyl groups is 1. The first kappa shape index (κ1) is 11.7. The van der Waals surface area contributed by atoms with Gasteiger partial charge in [0.1, 0.15) is 5.82 Å². The first-order valence-corrected chi connectivity index (χ1v) is 5.04. The normalized spacial score (nSPS) is 14.4. The second-order valence-corrected chi connectivity index (χ2v) is 3.72. The Bertz CT molecular complexity index is 314. The smallest absolute Gasteiger partial charge is 0.224 e. The van der Waals surface area contributed by atoms with Gasteiger partial charge in [-0.15, -0.1) is 0 Å². The average Bonchev–Trinajstić information content (AvgIpc) is 2.27.